The maximum Gasteiger partial charge on any atom is 0.172 e. The summed E-state index contributed by atoms with van der Waals surface area (Å²) in [5, 5.41) is 0.411. The van der Waals surface area contributed by atoms with E-state index in [9.17, 15) is 4.79 Å². The van der Waals surface area contributed by atoms with Crippen LogP contribution in [0, 0.1) is 0 Å². The molecule has 1 aromatic carbocycles. The van der Waals surface area contributed by atoms with Crippen LogP contribution in [0.3, 0.4) is 0 Å². The Hall–Kier alpha value is -1.26. The van der Waals surface area contributed by atoms with Crippen LogP contribution < -0.4 is 4.74 Å². The number of carbonyl (C=O) groups excluding carboxylic acids is 1. The van der Waals surface area contributed by atoms with Crippen LogP contribution in [0.15, 0.2) is 30.3 Å². The average molecular weight is 535 g/mol. The fourth-order valence-corrected chi connectivity index (χ4v) is 6.35. The topological polar surface area (TPSA) is 44.8 Å². The summed E-state index contributed by atoms with van der Waals surface area (Å²) in [7, 11) is -1.51. The van der Waals surface area contributed by atoms with Crippen LogP contribution in [0.25, 0.3) is 0 Å². The third kappa shape index (κ3) is 9.28. The van der Waals surface area contributed by atoms with Gasteiger partial charge in [-0.3, -0.25) is 4.79 Å². The van der Waals surface area contributed by atoms with Gasteiger partial charge in [0.2, 0.25) is 0 Å². The molecule has 7 heteroatoms. The number of rotatable bonds is 11. The summed E-state index contributed by atoms with van der Waals surface area (Å²) in [5.41, 5.74) is 1.40. The summed E-state index contributed by atoms with van der Waals surface area (Å²) >= 11 is 1.51. The van der Waals surface area contributed by atoms with Gasteiger partial charge >= 0.3 is 0 Å². The van der Waals surface area contributed by atoms with Crippen LogP contribution in [0.1, 0.15) is 108 Å². The predicted molar refractivity (Wildman–Crippen MR) is 154 cm³/mol. The van der Waals surface area contributed by atoms with Gasteiger partial charge in [-0.2, -0.15) is 0 Å². The fraction of sp³-hybridized carbons (Fsp3) is 0.607. The van der Waals surface area contributed by atoms with Crippen molar-refractivity contribution >= 4 is 36.6 Å². The Morgan fingerprint density at radius 3 is 1.86 bits per heavy atom. The molecule has 35 heavy (non-hydrogen) atoms. The molecular formula is C28H46O4SSi2. The number of ketones is 1. The predicted octanol–water partition coefficient (Wildman–Crippen LogP) is 7.03. The van der Waals surface area contributed by atoms with Crippen molar-refractivity contribution in [1.82, 2.24) is 0 Å². The van der Waals surface area contributed by atoms with Crippen LogP contribution in [0.5, 0.6) is 5.75 Å². The number of ether oxygens (including phenoxy) is 1. The molecule has 2 aromatic rings. The number of Topliss-reactive ketones (excluding diaryl/α,β-unsaturated/α-hetero) is 1. The number of hydrogen-bond acceptors (Lipinski definition) is 5. The number of benzene rings is 1. The Morgan fingerprint density at radius 2 is 1.34 bits per heavy atom. The van der Waals surface area contributed by atoms with Gasteiger partial charge in [0, 0.05) is 11.3 Å². The second-order valence-electron chi connectivity index (χ2n) is 12.8. The second-order valence-corrected chi connectivity index (χ2v) is 19.3. The minimum atomic E-state index is -0.768. The van der Waals surface area contributed by atoms with E-state index in [1.807, 2.05) is 25.1 Å². The Bertz CT molecular complexity index is 997. The largest absolute Gasteiger partial charge is 0.488 e. The van der Waals surface area contributed by atoms with Crippen LogP contribution >= 0.6 is 11.3 Å². The first-order chi connectivity index (χ1) is 15.9. The molecule has 0 fully saturated rings. The maximum atomic E-state index is 12.0. The molecule has 4 nitrogen and oxygen atoms in total. The summed E-state index contributed by atoms with van der Waals surface area (Å²) in [6.45, 7) is 24.5. The van der Waals surface area contributed by atoms with E-state index in [1.165, 1.54) is 11.3 Å². The first-order valence-corrected chi connectivity index (χ1v) is 16.0. The molecule has 0 unspecified atom stereocenters. The Labute approximate surface area is 222 Å². The van der Waals surface area contributed by atoms with E-state index in [2.05, 4.69) is 81.4 Å². The lowest BCUT2D eigenvalue weighted by Crippen LogP contribution is -2.34. The van der Waals surface area contributed by atoms with Crippen molar-refractivity contribution in [3.8, 4) is 5.75 Å². The molecule has 0 atom stereocenters. The zero-order valence-electron chi connectivity index (χ0n) is 23.8. The van der Waals surface area contributed by atoms with Gasteiger partial charge in [0.1, 0.15) is 12.4 Å². The third-order valence-electron chi connectivity index (χ3n) is 5.66. The lowest BCUT2D eigenvalue weighted by molar-refractivity contribution is 0.0826. The number of hydrogen-bond donors (Lipinski definition) is 0. The van der Waals surface area contributed by atoms with Gasteiger partial charge < -0.3 is 13.6 Å². The number of thiophene rings is 1. The molecule has 0 saturated carbocycles. The molecule has 196 valence electrons. The molecule has 1 aromatic heterocycles. The quantitative estimate of drug-likeness (QED) is 0.229. The summed E-state index contributed by atoms with van der Waals surface area (Å²) in [6.07, 6.45) is 0.522. The molecule has 0 aliphatic heterocycles. The summed E-state index contributed by atoms with van der Waals surface area (Å²) in [5.74, 6) is 0.981. The molecular weight excluding hydrogens is 489 g/mol. The van der Waals surface area contributed by atoms with Gasteiger partial charge in [0.25, 0.3) is 0 Å². The monoisotopic (exact) mass is 534 g/mol. The molecule has 0 aliphatic carbocycles. The Morgan fingerprint density at radius 1 is 0.800 bits per heavy atom. The van der Waals surface area contributed by atoms with E-state index in [0.717, 1.165) is 26.6 Å². The highest BCUT2D eigenvalue weighted by Gasteiger charge is 2.34. The molecule has 0 N–H and O–H groups in total. The van der Waals surface area contributed by atoms with Gasteiger partial charge in [-0.15, -0.1) is 11.3 Å². The molecule has 0 spiro atoms. The highest BCUT2D eigenvalue weighted by atomic mass is 32.1. The molecule has 1 heterocycles. The maximum absolute atomic E-state index is 12.0. The van der Waals surface area contributed by atoms with Crippen LogP contribution in [-0.4, -0.2) is 25.3 Å². The van der Waals surface area contributed by atoms with Crippen molar-refractivity contribution in [1.29, 1.82) is 0 Å². The zero-order chi connectivity index (χ0) is 26.7. The van der Waals surface area contributed by atoms with Crippen LogP contribution in [0.4, 0.5) is 0 Å². The number of carbonyl (C=O) groups is 1. The Kier molecular flexibility index (Phi) is 9.78. The van der Waals surface area contributed by atoms with Gasteiger partial charge in [0.05, 0.1) is 16.1 Å². The van der Waals surface area contributed by atoms with Gasteiger partial charge in [-0.05, 0) is 73.2 Å². The molecule has 0 aliphatic rings. The van der Waals surface area contributed by atoms with Gasteiger partial charge in [0.15, 0.2) is 25.3 Å². The normalized spacial score (nSPS) is 13.9. The van der Waals surface area contributed by atoms with Crippen molar-refractivity contribution in [2.75, 3.05) is 0 Å². The van der Waals surface area contributed by atoms with Crippen molar-refractivity contribution in [3.63, 3.8) is 0 Å². The minimum Gasteiger partial charge on any atom is -0.488 e. The van der Waals surface area contributed by atoms with E-state index in [4.69, 9.17) is 13.6 Å². The standard InChI is InChI=1S/C28H46O4SSi2/c1-12-23(29)24-16-14-20(33-24)18-30-19-13-15-21(27(8,9)31-34-25(2,3)4)22(17-19)28(10,11)32-35-26(5,6)7/h13-17H,12,18,34-35H2,1-11H3. The Balaban J connectivity index is 2.36. The summed E-state index contributed by atoms with van der Waals surface area (Å²) in [6, 6.07) is 10.2. The highest BCUT2D eigenvalue weighted by molar-refractivity contribution is 7.14. The minimum absolute atomic E-state index is 0.177. The molecule has 0 bridgehead atoms. The van der Waals surface area contributed by atoms with Gasteiger partial charge in [-0.1, -0.05) is 54.5 Å². The molecule has 2 rings (SSSR count). The molecule has 0 amide bonds. The summed E-state index contributed by atoms with van der Waals surface area (Å²) < 4.78 is 19.4. The van der Waals surface area contributed by atoms with Crippen molar-refractivity contribution in [2.24, 2.45) is 0 Å². The van der Waals surface area contributed by atoms with E-state index in [1.54, 1.807) is 0 Å². The fourth-order valence-electron chi connectivity index (χ4n) is 3.52. The second kappa shape index (κ2) is 11.4. The van der Waals surface area contributed by atoms with E-state index >= 15 is 0 Å². The van der Waals surface area contributed by atoms with Crippen molar-refractivity contribution in [2.45, 2.75) is 110 Å². The van der Waals surface area contributed by atoms with Crippen molar-refractivity contribution in [3.05, 3.63) is 51.2 Å². The van der Waals surface area contributed by atoms with E-state index in [0.29, 0.717) is 13.0 Å². The van der Waals surface area contributed by atoms with E-state index in [-0.39, 0.29) is 15.9 Å². The highest BCUT2D eigenvalue weighted by Crippen LogP contribution is 2.40. The first kappa shape index (κ1) is 30.0. The lowest BCUT2D eigenvalue weighted by atomic mass is 9.85. The molecule has 0 radical (unpaired) electrons. The van der Waals surface area contributed by atoms with E-state index < -0.39 is 30.7 Å². The van der Waals surface area contributed by atoms with Gasteiger partial charge in [-0.25, -0.2) is 0 Å². The first-order valence-electron chi connectivity index (χ1n) is 12.6. The third-order valence-corrected chi connectivity index (χ3v) is 10.2. The van der Waals surface area contributed by atoms with Crippen LogP contribution in [-0.2, 0) is 26.7 Å². The average Bonchev–Trinajstić information content (AvgIpc) is 3.22. The smallest absolute Gasteiger partial charge is 0.172 e. The summed E-state index contributed by atoms with van der Waals surface area (Å²) in [4.78, 5) is 13.8. The lowest BCUT2D eigenvalue weighted by Gasteiger charge is -2.37. The SMILES string of the molecule is CCC(=O)c1ccc(COc2ccc(C(C)(C)O[SiH2]C(C)(C)C)c(C(C)(C)O[SiH2]C(C)(C)C)c2)s1. The van der Waals surface area contributed by atoms with Crippen LogP contribution in [0.2, 0.25) is 10.1 Å². The van der Waals surface area contributed by atoms with Crippen molar-refractivity contribution < 1.29 is 18.4 Å². The molecule has 0 saturated heterocycles. The zero-order valence-corrected chi connectivity index (χ0v) is 27.4.